The van der Waals surface area contributed by atoms with Crippen LogP contribution in [0.1, 0.15) is 20.7 Å². The van der Waals surface area contributed by atoms with Crippen LogP contribution in [0, 0.1) is 0 Å². The minimum Gasteiger partial charge on any atom is -0.478 e. The molecule has 5 heteroatoms. The normalized spacial score (nSPS) is 10.3. The quantitative estimate of drug-likeness (QED) is 0.534. The summed E-state index contributed by atoms with van der Waals surface area (Å²) in [5, 5.41) is 9.79. The van der Waals surface area contributed by atoms with Gasteiger partial charge in [0.1, 0.15) is 5.75 Å². The van der Waals surface area contributed by atoms with Crippen molar-refractivity contribution in [2.75, 3.05) is 0 Å². The van der Waals surface area contributed by atoms with Gasteiger partial charge in [-0.05, 0) is 29.8 Å². The minimum absolute atomic E-state index is 0.0276. The molecule has 1 N–H and O–H groups in total. The molecule has 25 heavy (non-hydrogen) atoms. The average Bonchev–Trinajstić information content (AvgIpc) is 2.63. The Hall–Kier alpha value is -3.11. The van der Waals surface area contributed by atoms with Crippen LogP contribution in [0.25, 0.3) is 11.1 Å². The van der Waals surface area contributed by atoms with Gasteiger partial charge in [0.2, 0.25) is 0 Å². The van der Waals surface area contributed by atoms with Crippen LogP contribution in [0.2, 0.25) is 5.02 Å². The van der Waals surface area contributed by atoms with E-state index in [9.17, 15) is 14.7 Å². The number of hydrogen-bond acceptors (Lipinski definition) is 3. The highest BCUT2D eigenvalue weighted by atomic mass is 35.5. The number of benzene rings is 3. The average molecular weight is 353 g/mol. The molecule has 3 aromatic carbocycles. The molecule has 0 atom stereocenters. The summed E-state index contributed by atoms with van der Waals surface area (Å²) in [7, 11) is 0. The Kier molecular flexibility index (Phi) is 4.82. The third-order valence-electron chi connectivity index (χ3n) is 3.62. The van der Waals surface area contributed by atoms with E-state index >= 15 is 0 Å². The maximum Gasteiger partial charge on any atom is 0.344 e. The van der Waals surface area contributed by atoms with Crippen molar-refractivity contribution in [2.45, 2.75) is 0 Å². The van der Waals surface area contributed by atoms with Crippen molar-refractivity contribution in [1.29, 1.82) is 0 Å². The van der Waals surface area contributed by atoms with Crippen molar-refractivity contribution in [1.82, 2.24) is 0 Å². The highest BCUT2D eigenvalue weighted by Gasteiger charge is 2.21. The number of rotatable bonds is 4. The zero-order chi connectivity index (χ0) is 17.8. The van der Waals surface area contributed by atoms with E-state index < -0.39 is 11.9 Å². The van der Waals surface area contributed by atoms with E-state index in [1.807, 2.05) is 6.07 Å². The lowest BCUT2D eigenvalue weighted by molar-refractivity contribution is 0.0697. The molecule has 0 amide bonds. The predicted octanol–water partition coefficient (Wildman–Crippen LogP) is 4.92. The molecular weight excluding hydrogens is 340 g/mol. The van der Waals surface area contributed by atoms with Crippen LogP contribution < -0.4 is 4.74 Å². The lowest BCUT2D eigenvalue weighted by Gasteiger charge is -2.13. The zero-order valence-corrected chi connectivity index (χ0v) is 13.7. The van der Waals surface area contributed by atoms with Crippen LogP contribution in [0.15, 0.2) is 72.8 Å². The molecule has 0 aromatic heterocycles. The maximum absolute atomic E-state index is 12.7. The summed E-state index contributed by atoms with van der Waals surface area (Å²) >= 11 is 6.02. The number of esters is 1. The molecule has 0 bridgehead atoms. The number of ether oxygens (including phenoxy) is 1. The smallest absolute Gasteiger partial charge is 0.344 e. The topological polar surface area (TPSA) is 63.6 Å². The van der Waals surface area contributed by atoms with Crippen molar-refractivity contribution in [3.8, 4) is 16.9 Å². The summed E-state index contributed by atoms with van der Waals surface area (Å²) in [5.41, 5.74) is 1.12. The van der Waals surface area contributed by atoms with E-state index in [1.54, 1.807) is 48.5 Å². The van der Waals surface area contributed by atoms with Crippen molar-refractivity contribution in [3.05, 3.63) is 88.9 Å². The number of carboxylic acid groups (broad SMARTS) is 1. The van der Waals surface area contributed by atoms with Crippen LogP contribution in [-0.4, -0.2) is 17.0 Å². The van der Waals surface area contributed by atoms with Crippen molar-refractivity contribution >= 4 is 23.5 Å². The van der Waals surface area contributed by atoms with E-state index in [4.69, 9.17) is 16.3 Å². The van der Waals surface area contributed by atoms with Gasteiger partial charge in [0.25, 0.3) is 0 Å². The van der Waals surface area contributed by atoms with Gasteiger partial charge in [0, 0.05) is 5.56 Å². The van der Waals surface area contributed by atoms with E-state index in [2.05, 4.69) is 0 Å². The van der Waals surface area contributed by atoms with Gasteiger partial charge in [0.05, 0.1) is 16.1 Å². The fourth-order valence-corrected chi connectivity index (χ4v) is 2.67. The first-order chi connectivity index (χ1) is 12.1. The lowest BCUT2D eigenvalue weighted by Crippen LogP contribution is -2.13. The Bertz CT molecular complexity index is 935. The first-order valence-corrected chi connectivity index (χ1v) is 7.84. The molecule has 0 heterocycles. The fraction of sp³-hybridized carbons (Fsp3) is 0. The number of carbonyl (C=O) groups excluding carboxylic acids is 1. The molecule has 0 aliphatic rings. The van der Waals surface area contributed by atoms with Gasteiger partial charge in [-0.15, -0.1) is 0 Å². The van der Waals surface area contributed by atoms with E-state index in [0.29, 0.717) is 16.1 Å². The summed E-state index contributed by atoms with van der Waals surface area (Å²) in [6.07, 6.45) is 0. The second-order valence-electron chi connectivity index (χ2n) is 5.22. The van der Waals surface area contributed by atoms with Crippen molar-refractivity contribution in [3.63, 3.8) is 0 Å². The lowest BCUT2D eigenvalue weighted by atomic mass is 9.94. The Morgan fingerprint density at radius 3 is 2.12 bits per heavy atom. The largest absolute Gasteiger partial charge is 0.478 e. The van der Waals surface area contributed by atoms with E-state index in [0.717, 1.165) is 0 Å². The summed E-state index contributed by atoms with van der Waals surface area (Å²) in [6, 6.07) is 20.0. The number of hydrogen-bond donors (Lipinski definition) is 1. The number of carboxylic acids is 1. The van der Waals surface area contributed by atoms with Gasteiger partial charge in [-0.25, -0.2) is 9.59 Å². The molecule has 0 aliphatic heterocycles. The first kappa shape index (κ1) is 16.7. The van der Waals surface area contributed by atoms with Crippen LogP contribution in [-0.2, 0) is 0 Å². The summed E-state index contributed by atoms with van der Waals surface area (Å²) in [5.74, 6) is -1.57. The summed E-state index contributed by atoms with van der Waals surface area (Å²) in [4.78, 5) is 24.3. The summed E-state index contributed by atoms with van der Waals surface area (Å²) < 4.78 is 5.36. The number of aromatic carboxylic acids is 1. The van der Waals surface area contributed by atoms with Gasteiger partial charge in [-0.2, -0.15) is 0 Å². The SMILES string of the molecule is O=C(O)c1cccc(C(=O)Oc2ccccc2Cl)c1-c1ccccc1. The number of para-hydroxylation sites is 1. The first-order valence-electron chi connectivity index (χ1n) is 7.46. The molecule has 0 saturated carbocycles. The Morgan fingerprint density at radius 2 is 1.44 bits per heavy atom. The second kappa shape index (κ2) is 7.20. The van der Waals surface area contributed by atoms with Crippen LogP contribution >= 0.6 is 11.6 Å². The fourth-order valence-electron chi connectivity index (χ4n) is 2.50. The molecule has 3 rings (SSSR count). The van der Waals surface area contributed by atoms with E-state index in [-0.39, 0.29) is 16.9 Å². The molecule has 0 radical (unpaired) electrons. The molecule has 3 aromatic rings. The van der Waals surface area contributed by atoms with Crippen LogP contribution in [0.4, 0.5) is 0 Å². The molecule has 0 unspecified atom stereocenters. The zero-order valence-electron chi connectivity index (χ0n) is 13.0. The summed E-state index contributed by atoms with van der Waals surface area (Å²) in [6.45, 7) is 0. The van der Waals surface area contributed by atoms with E-state index in [1.165, 1.54) is 18.2 Å². The highest BCUT2D eigenvalue weighted by Crippen LogP contribution is 2.30. The van der Waals surface area contributed by atoms with Gasteiger partial charge >= 0.3 is 11.9 Å². The van der Waals surface area contributed by atoms with Gasteiger partial charge in [-0.3, -0.25) is 0 Å². The third kappa shape index (κ3) is 3.54. The van der Waals surface area contributed by atoms with Crippen LogP contribution in [0.5, 0.6) is 5.75 Å². The molecule has 4 nitrogen and oxygen atoms in total. The standard InChI is InChI=1S/C20H13ClO4/c21-16-11-4-5-12-17(16)25-20(24)15-10-6-9-14(19(22)23)18(15)13-7-2-1-3-8-13/h1-12H,(H,22,23). The highest BCUT2D eigenvalue weighted by molar-refractivity contribution is 6.32. The molecular formula is C20H13ClO4. The molecule has 0 fully saturated rings. The minimum atomic E-state index is -1.12. The van der Waals surface area contributed by atoms with Gasteiger partial charge in [-0.1, -0.05) is 60.1 Å². The predicted molar refractivity (Wildman–Crippen MR) is 95.2 cm³/mol. The van der Waals surface area contributed by atoms with Gasteiger partial charge in [0.15, 0.2) is 0 Å². The molecule has 0 saturated heterocycles. The third-order valence-corrected chi connectivity index (χ3v) is 3.93. The number of carbonyl (C=O) groups is 2. The monoisotopic (exact) mass is 352 g/mol. The van der Waals surface area contributed by atoms with Crippen molar-refractivity contribution in [2.24, 2.45) is 0 Å². The van der Waals surface area contributed by atoms with Crippen molar-refractivity contribution < 1.29 is 19.4 Å². The Labute approximate surface area is 149 Å². The maximum atomic E-state index is 12.7. The Balaban J connectivity index is 2.10. The molecule has 124 valence electrons. The molecule has 0 aliphatic carbocycles. The van der Waals surface area contributed by atoms with Gasteiger partial charge < -0.3 is 9.84 Å². The van der Waals surface area contributed by atoms with Crippen LogP contribution in [0.3, 0.4) is 0 Å². The Morgan fingerprint density at radius 1 is 0.800 bits per heavy atom. The molecule has 0 spiro atoms. The second-order valence-corrected chi connectivity index (χ2v) is 5.63. The number of halogens is 1.